The van der Waals surface area contributed by atoms with Crippen LogP contribution in [0.15, 0.2) is 0 Å². The molecule has 7 nitrogen and oxygen atoms in total. The van der Waals surface area contributed by atoms with Crippen LogP contribution < -0.4 is 16.4 Å². The largest absolute Gasteiger partial charge is 0.481 e. The van der Waals surface area contributed by atoms with E-state index in [0.717, 1.165) is 6.42 Å². The van der Waals surface area contributed by atoms with Crippen LogP contribution in [0.1, 0.15) is 46.5 Å². The third-order valence-corrected chi connectivity index (χ3v) is 2.46. The molecule has 7 heteroatoms. The summed E-state index contributed by atoms with van der Waals surface area (Å²) in [5, 5.41) is 13.9. The summed E-state index contributed by atoms with van der Waals surface area (Å²) < 4.78 is 0. The molecule has 1 atom stereocenters. The van der Waals surface area contributed by atoms with Gasteiger partial charge in [-0.15, -0.1) is 0 Å². The van der Waals surface area contributed by atoms with E-state index in [1.165, 1.54) is 0 Å². The van der Waals surface area contributed by atoms with Crippen molar-refractivity contribution in [3.8, 4) is 0 Å². The van der Waals surface area contributed by atoms with Gasteiger partial charge in [-0.1, -0.05) is 13.3 Å². The van der Waals surface area contributed by atoms with E-state index in [9.17, 15) is 14.4 Å². The molecule has 0 radical (unpaired) electrons. The molecular weight excluding hydrogens is 250 g/mol. The Kier molecular flexibility index (Phi) is 6.89. The summed E-state index contributed by atoms with van der Waals surface area (Å²) in [6.07, 6.45) is 1.23. The summed E-state index contributed by atoms with van der Waals surface area (Å²) in [6.45, 7) is 5.25. The summed E-state index contributed by atoms with van der Waals surface area (Å²) in [5.74, 6) is -1.48. The van der Waals surface area contributed by atoms with Gasteiger partial charge in [0.05, 0.1) is 6.42 Å². The average Bonchev–Trinajstić information content (AvgIpc) is 2.12. The average molecular weight is 273 g/mol. The summed E-state index contributed by atoms with van der Waals surface area (Å²) in [6, 6.07) is -0.919. The monoisotopic (exact) mass is 273 g/mol. The van der Waals surface area contributed by atoms with E-state index >= 15 is 0 Å². The van der Waals surface area contributed by atoms with Crippen molar-refractivity contribution in [2.75, 3.05) is 0 Å². The van der Waals surface area contributed by atoms with Crippen molar-refractivity contribution < 1.29 is 19.5 Å². The third-order valence-electron chi connectivity index (χ3n) is 2.46. The molecule has 0 aliphatic rings. The Bertz CT molecular complexity index is 342. The fourth-order valence-electron chi connectivity index (χ4n) is 1.79. The number of nitrogens with one attached hydrogen (secondary N) is 2. The second kappa shape index (κ2) is 7.60. The Hall–Kier alpha value is -1.79. The van der Waals surface area contributed by atoms with Crippen molar-refractivity contribution >= 4 is 17.9 Å². The Labute approximate surface area is 112 Å². The van der Waals surface area contributed by atoms with Gasteiger partial charge in [-0.3, -0.25) is 9.59 Å². The van der Waals surface area contributed by atoms with Crippen molar-refractivity contribution in [2.24, 2.45) is 5.73 Å². The van der Waals surface area contributed by atoms with Gasteiger partial charge in [-0.2, -0.15) is 0 Å². The van der Waals surface area contributed by atoms with Crippen LogP contribution in [0.3, 0.4) is 0 Å². The van der Waals surface area contributed by atoms with Crippen LogP contribution in [0, 0.1) is 0 Å². The molecule has 0 saturated carbocycles. The van der Waals surface area contributed by atoms with Crippen molar-refractivity contribution in [2.45, 2.75) is 58.0 Å². The lowest BCUT2D eigenvalue weighted by Gasteiger charge is -2.26. The SMILES string of the molecule is CCCC(CC(=O)O)NC(=O)NC(C)(C)CC(N)=O. The first-order chi connectivity index (χ1) is 8.66. The molecule has 0 rings (SSSR count). The van der Waals surface area contributed by atoms with E-state index < -0.39 is 29.5 Å². The molecule has 0 spiro atoms. The maximum atomic E-state index is 11.7. The minimum atomic E-state index is -0.963. The van der Waals surface area contributed by atoms with E-state index in [1.54, 1.807) is 13.8 Å². The minimum absolute atomic E-state index is 0.0117. The van der Waals surface area contributed by atoms with Gasteiger partial charge in [0.1, 0.15) is 0 Å². The first kappa shape index (κ1) is 17.2. The maximum Gasteiger partial charge on any atom is 0.315 e. The zero-order valence-electron chi connectivity index (χ0n) is 11.7. The number of aliphatic carboxylic acids is 1. The predicted molar refractivity (Wildman–Crippen MR) is 70.5 cm³/mol. The number of hydrogen-bond donors (Lipinski definition) is 4. The number of nitrogens with two attached hydrogens (primary N) is 1. The molecular formula is C12H23N3O4. The lowest BCUT2D eigenvalue weighted by atomic mass is 10.0. The van der Waals surface area contributed by atoms with Gasteiger partial charge in [0, 0.05) is 18.0 Å². The van der Waals surface area contributed by atoms with Gasteiger partial charge in [-0.25, -0.2) is 4.79 Å². The maximum absolute atomic E-state index is 11.7. The van der Waals surface area contributed by atoms with E-state index in [4.69, 9.17) is 10.8 Å². The quantitative estimate of drug-likeness (QED) is 0.516. The van der Waals surface area contributed by atoms with Crippen LogP contribution in [0.5, 0.6) is 0 Å². The number of carbonyl (C=O) groups is 3. The van der Waals surface area contributed by atoms with Gasteiger partial charge in [-0.05, 0) is 20.3 Å². The fourth-order valence-corrected chi connectivity index (χ4v) is 1.79. The van der Waals surface area contributed by atoms with Gasteiger partial charge < -0.3 is 21.5 Å². The molecule has 0 aromatic carbocycles. The summed E-state index contributed by atoms with van der Waals surface area (Å²) in [4.78, 5) is 33.2. The number of amides is 3. The first-order valence-corrected chi connectivity index (χ1v) is 6.25. The number of rotatable bonds is 8. The molecule has 3 amide bonds. The number of primary amides is 1. The molecule has 110 valence electrons. The van der Waals surface area contributed by atoms with Gasteiger partial charge in [0.15, 0.2) is 0 Å². The predicted octanol–water partition coefficient (Wildman–Crippen LogP) is 0.583. The molecule has 1 unspecified atom stereocenters. The highest BCUT2D eigenvalue weighted by molar-refractivity contribution is 5.79. The molecule has 5 N–H and O–H groups in total. The lowest BCUT2D eigenvalue weighted by molar-refractivity contribution is -0.137. The summed E-state index contributed by atoms with van der Waals surface area (Å²) in [7, 11) is 0. The number of hydrogen-bond acceptors (Lipinski definition) is 3. The number of carboxylic acid groups (broad SMARTS) is 1. The van der Waals surface area contributed by atoms with Crippen LogP contribution >= 0.6 is 0 Å². The zero-order valence-corrected chi connectivity index (χ0v) is 11.7. The molecule has 0 aliphatic carbocycles. The lowest BCUT2D eigenvalue weighted by Crippen LogP contribution is -2.52. The Morgan fingerprint density at radius 2 is 1.89 bits per heavy atom. The minimum Gasteiger partial charge on any atom is -0.481 e. The third kappa shape index (κ3) is 8.87. The van der Waals surface area contributed by atoms with Crippen molar-refractivity contribution in [3.63, 3.8) is 0 Å². The number of carboxylic acids is 1. The Morgan fingerprint density at radius 1 is 1.32 bits per heavy atom. The standard InChI is InChI=1S/C12H23N3O4/c1-4-5-8(6-10(17)18)14-11(19)15-12(2,3)7-9(13)16/h8H,4-7H2,1-3H3,(H2,13,16)(H,17,18)(H2,14,15,19). The van der Waals surface area contributed by atoms with Crippen LogP contribution in [0.4, 0.5) is 4.79 Å². The molecule has 0 aromatic heterocycles. The topological polar surface area (TPSA) is 122 Å². The molecule has 0 heterocycles. The molecule has 0 aromatic rings. The summed E-state index contributed by atoms with van der Waals surface area (Å²) in [5.41, 5.74) is 4.31. The van der Waals surface area contributed by atoms with Crippen molar-refractivity contribution in [1.29, 1.82) is 0 Å². The second-order valence-corrected chi connectivity index (χ2v) is 5.21. The van der Waals surface area contributed by atoms with Crippen molar-refractivity contribution in [1.82, 2.24) is 10.6 Å². The number of carbonyl (C=O) groups excluding carboxylic acids is 2. The van der Waals surface area contributed by atoms with Crippen LogP contribution in [0.2, 0.25) is 0 Å². The van der Waals surface area contributed by atoms with E-state index in [0.29, 0.717) is 6.42 Å². The van der Waals surface area contributed by atoms with Crippen LogP contribution in [0.25, 0.3) is 0 Å². The van der Waals surface area contributed by atoms with Crippen molar-refractivity contribution in [3.05, 3.63) is 0 Å². The Morgan fingerprint density at radius 3 is 2.32 bits per heavy atom. The zero-order chi connectivity index (χ0) is 15.1. The second-order valence-electron chi connectivity index (χ2n) is 5.21. The highest BCUT2D eigenvalue weighted by Crippen LogP contribution is 2.08. The van der Waals surface area contributed by atoms with Crippen LogP contribution in [-0.2, 0) is 9.59 Å². The normalized spacial score (nSPS) is 12.6. The van der Waals surface area contributed by atoms with E-state index in [-0.39, 0.29) is 12.8 Å². The molecule has 19 heavy (non-hydrogen) atoms. The number of urea groups is 1. The highest BCUT2D eigenvalue weighted by atomic mass is 16.4. The molecule has 0 saturated heterocycles. The van der Waals surface area contributed by atoms with E-state index in [1.807, 2.05) is 6.92 Å². The Balaban J connectivity index is 4.39. The fraction of sp³-hybridized carbons (Fsp3) is 0.750. The molecule has 0 bridgehead atoms. The summed E-state index contributed by atoms with van der Waals surface area (Å²) >= 11 is 0. The highest BCUT2D eigenvalue weighted by Gasteiger charge is 2.24. The van der Waals surface area contributed by atoms with Gasteiger partial charge in [0.2, 0.25) is 5.91 Å². The first-order valence-electron chi connectivity index (χ1n) is 6.25. The molecule has 0 aliphatic heterocycles. The van der Waals surface area contributed by atoms with E-state index in [2.05, 4.69) is 10.6 Å². The smallest absolute Gasteiger partial charge is 0.315 e. The van der Waals surface area contributed by atoms with Crippen LogP contribution in [-0.4, -0.2) is 34.6 Å². The molecule has 0 fully saturated rings. The van der Waals surface area contributed by atoms with Gasteiger partial charge in [0.25, 0.3) is 0 Å². The van der Waals surface area contributed by atoms with Gasteiger partial charge >= 0.3 is 12.0 Å².